The molecule has 0 atom stereocenters. The van der Waals surface area contributed by atoms with E-state index in [1.165, 1.54) is 0 Å². The average molecular weight is 303 g/mol. The van der Waals surface area contributed by atoms with Crippen molar-refractivity contribution >= 4 is 17.7 Å². The second-order valence-electron chi connectivity index (χ2n) is 5.34. The Morgan fingerprint density at radius 1 is 1.23 bits per heavy atom. The number of hydrogen-bond donors (Lipinski definition) is 1. The van der Waals surface area contributed by atoms with E-state index in [0.717, 1.165) is 48.2 Å². The molecule has 0 bridgehead atoms. The molecule has 1 N–H and O–H groups in total. The normalized spacial score (nSPS) is 15.1. The molecule has 2 aromatic rings. The van der Waals surface area contributed by atoms with Crippen molar-refractivity contribution in [3.05, 3.63) is 23.0 Å². The van der Waals surface area contributed by atoms with E-state index in [1.807, 2.05) is 19.9 Å². The molecular weight excluding hydrogens is 282 g/mol. The lowest BCUT2D eigenvalue weighted by Crippen LogP contribution is -2.37. The van der Waals surface area contributed by atoms with Crippen LogP contribution >= 0.6 is 0 Å². The van der Waals surface area contributed by atoms with E-state index in [-0.39, 0.29) is 0 Å². The molecule has 0 amide bonds. The van der Waals surface area contributed by atoms with E-state index >= 15 is 0 Å². The number of ether oxygens (including phenoxy) is 1. The Kier molecular flexibility index (Phi) is 4.24. The van der Waals surface area contributed by atoms with E-state index in [4.69, 9.17) is 9.26 Å². The lowest BCUT2D eigenvalue weighted by Gasteiger charge is -2.27. The predicted molar refractivity (Wildman–Crippen MR) is 83.7 cm³/mol. The van der Waals surface area contributed by atoms with Crippen LogP contribution in [0.2, 0.25) is 0 Å². The maximum Gasteiger partial charge on any atom is 0.233 e. The summed E-state index contributed by atoms with van der Waals surface area (Å²) in [6.07, 6.45) is 0.850. The maximum atomic E-state index is 5.39. The van der Waals surface area contributed by atoms with Crippen LogP contribution in [0, 0.1) is 13.8 Å². The minimum absolute atomic E-state index is 0.631. The zero-order valence-electron chi connectivity index (χ0n) is 13.2. The molecule has 0 aliphatic carbocycles. The van der Waals surface area contributed by atoms with Crippen molar-refractivity contribution in [2.75, 3.05) is 36.5 Å². The summed E-state index contributed by atoms with van der Waals surface area (Å²) in [6.45, 7) is 9.02. The summed E-state index contributed by atoms with van der Waals surface area (Å²) in [6, 6.07) is 1.95. The van der Waals surface area contributed by atoms with Gasteiger partial charge in [-0.1, -0.05) is 12.1 Å². The zero-order valence-corrected chi connectivity index (χ0v) is 13.2. The molecule has 118 valence electrons. The topological polar surface area (TPSA) is 76.3 Å². The van der Waals surface area contributed by atoms with Crippen LogP contribution in [0.4, 0.5) is 17.7 Å². The van der Waals surface area contributed by atoms with Crippen LogP contribution in [0.1, 0.15) is 23.9 Å². The number of rotatable bonds is 4. The fourth-order valence-corrected chi connectivity index (χ4v) is 2.28. The number of nitrogens with one attached hydrogen (secondary N) is 1. The highest BCUT2D eigenvalue weighted by molar-refractivity contribution is 5.56. The van der Waals surface area contributed by atoms with Gasteiger partial charge in [-0.25, -0.2) is 4.98 Å². The van der Waals surface area contributed by atoms with Gasteiger partial charge in [0.2, 0.25) is 11.8 Å². The first-order valence-corrected chi connectivity index (χ1v) is 7.58. The van der Waals surface area contributed by atoms with Crippen molar-refractivity contribution < 1.29 is 9.26 Å². The summed E-state index contributed by atoms with van der Waals surface area (Å²) in [5, 5.41) is 7.17. The summed E-state index contributed by atoms with van der Waals surface area (Å²) >= 11 is 0. The molecule has 1 fully saturated rings. The first-order valence-electron chi connectivity index (χ1n) is 7.58. The fraction of sp³-hybridized carbons (Fsp3) is 0.533. The van der Waals surface area contributed by atoms with Gasteiger partial charge < -0.3 is 19.5 Å². The fourth-order valence-electron chi connectivity index (χ4n) is 2.28. The number of morpholine rings is 1. The highest BCUT2D eigenvalue weighted by atomic mass is 16.5. The Hall–Kier alpha value is -2.15. The minimum Gasteiger partial charge on any atom is -0.378 e. The molecule has 22 heavy (non-hydrogen) atoms. The van der Waals surface area contributed by atoms with Crippen molar-refractivity contribution in [3.63, 3.8) is 0 Å². The lowest BCUT2D eigenvalue weighted by molar-refractivity contribution is 0.122. The van der Waals surface area contributed by atoms with Gasteiger partial charge in [-0.2, -0.15) is 4.98 Å². The van der Waals surface area contributed by atoms with E-state index in [1.54, 1.807) is 0 Å². The van der Waals surface area contributed by atoms with Gasteiger partial charge in [-0.05, 0) is 20.3 Å². The Bertz CT molecular complexity index is 649. The molecule has 1 aliphatic heterocycles. The Morgan fingerprint density at radius 3 is 2.64 bits per heavy atom. The average Bonchev–Trinajstić information content (AvgIpc) is 2.87. The molecule has 3 heterocycles. The highest BCUT2D eigenvalue weighted by Crippen LogP contribution is 2.23. The third-order valence-corrected chi connectivity index (χ3v) is 3.82. The van der Waals surface area contributed by atoms with Crippen LogP contribution in [0.3, 0.4) is 0 Å². The zero-order chi connectivity index (χ0) is 15.5. The van der Waals surface area contributed by atoms with Gasteiger partial charge in [-0.3, -0.25) is 0 Å². The van der Waals surface area contributed by atoms with Crippen LogP contribution in [0.25, 0.3) is 0 Å². The van der Waals surface area contributed by atoms with Crippen LogP contribution in [-0.4, -0.2) is 41.4 Å². The summed E-state index contributed by atoms with van der Waals surface area (Å²) in [5.41, 5.74) is 2.86. The third kappa shape index (κ3) is 3.04. The summed E-state index contributed by atoms with van der Waals surface area (Å²) in [5.74, 6) is 2.10. The quantitative estimate of drug-likeness (QED) is 0.928. The van der Waals surface area contributed by atoms with Gasteiger partial charge in [0.25, 0.3) is 0 Å². The van der Waals surface area contributed by atoms with Crippen molar-refractivity contribution in [2.45, 2.75) is 27.2 Å². The molecule has 0 saturated carbocycles. The number of nitrogens with zero attached hydrogens (tertiary/aromatic N) is 4. The van der Waals surface area contributed by atoms with Crippen LogP contribution in [0.5, 0.6) is 0 Å². The molecular formula is C15H21N5O2. The summed E-state index contributed by atoms with van der Waals surface area (Å²) in [7, 11) is 0. The number of hydrogen-bond acceptors (Lipinski definition) is 7. The second-order valence-corrected chi connectivity index (χ2v) is 5.34. The monoisotopic (exact) mass is 303 g/mol. The van der Waals surface area contributed by atoms with Crippen molar-refractivity contribution in [3.8, 4) is 0 Å². The Balaban J connectivity index is 1.88. The molecule has 0 aromatic carbocycles. The molecule has 1 saturated heterocycles. The molecule has 7 heteroatoms. The van der Waals surface area contributed by atoms with Crippen molar-refractivity contribution in [2.24, 2.45) is 0 Å². The van der Waals surface area contributed by atoms with E-state index in [9.17, 15) is 0 Å². The van der Waals surface area contributed by atoms with Gasteiger partial charge in [0, 0.05) is 30.4 Å². The number of anilines is 3. The summed E-state index contributed by atoms with van der Waals surface area (Å²) < 4.78 is 10.7. The maximum absolute atomic E-state index is 5.39. The largest absolute Gasteiger partial charge is 0.378 e. The van der Waals surface area contributed by atoms with Gasteiger partial charge in [0.1, 0.15) is 5.82 Å². The first-order chi connectivity index (χ1) is 10.7. The van der Waals surface area contributed by atoms with Crippen LogP contribution < -0.4 is 10.2 Å². The molecule has 0 radical (unpaired) electrons. The molecule has 7 nitrogen and oxygen atoms in total. The second kappa shape index (κ2) is 6.31. The number of aromatic nitrogens is 3. The third-order valence-electron chi connectivity index (χ3n) is 3.82. The van der Waals surface area contributed by atoms with E-state index < -0.39 is 0 Å². The molecule has 1 aliphatic rings. The Morgan fingerprint density at radius 2 is 2.00 bits per heavy atom. The summed E-state index contributed by atoms with van der Waals surface area (Å²) in [4.78, 5) is 11.4. The first kappa shape index (κ1) is 14.8. The predicted octanol–water partition coefficient (Wildman–Crippen LogP) is 2.22. The van der Waals surface area contributed by atoms with Gasteiger partial charge in [0.15, 0.2) is 0 Å². The minimum atomic E-state index is 0.631. The van der Waals surface area contributed by atoms with Crippen molar-refractivity contribution in [1.82, 2.24) is 15.1 Å². The van der Waals surface area contributed by atoms with Gasteiger partial charge >= 0.3 is 0 Å². The SMILES string of the molecule is CCc1cc(Nc2onc(C)c2C)nc(N2CCOCC2)n1. The van der Waals surface area contributed by atoms with E-state index in [2.05, 4.69) is 32.3 Å². The molecule has 0 spiro atoms. The highest BCUT2D eigenvalue weighted by Gasteiger charge is 2.16. The smallest absolute Gasteiger partial charge is 0.233 e. The van der Waals surface area contributed by atoms with Crippen LogP contribution in [-0.2, 0) is 11.2 Å². The van der Waals surface area contributed by atoms with Crippen LogP contribution in [0.15, 0.2) is 10.6 Å². The lowest BCUT2D eigenvalue weighted by atomic mass is 10.3. The molecule has 0 unspecified atom stereocenters. The molecule has 2 aromatic heterocycles. The standard InChI is InChI=1S/C15H21N5O2/c1-4-12-9-13(17-14-10(2)11(3)19-22-14)18-15(16-12)20-5-7-21-8-6-20/h9H,4-8H2,1-3H3,(H,16,17,18). The van der Waals surface area contributed by atoms with E-state index in [0.29, 0.717) is 19.1 Å². The number of aryl methyl sites for hydroxylation is 2. The molecule has 3 rings (SSSR count). The van der Waals surface area contributed by atoms with Gasteiger partial charge in [-0.15, -0.1) is 0 Å². The van der Waals surface area contributed by atoms with Crippen molar-refractivity contribution in [1.29, 1.82) is 0 Å². The Labute approximate surface area is 129 Å². The van der Waals surface area contributed by atoms with Gasteiger partial charge in [0.05, 0.1) is 18.9 Å².